The summed E-state index contributed by atoms with van der Waals surface area (Å²) in [6.07, 6.45) is 5.77. The van der Waals surface area contributed by atoms with E-state index in [0.717, 1.165) is 43.5 Å². The maximum atomic E-state index is 13.0. The molecule has 0 aliphatic heterocycles. The number of carbonyl (C=O) groups is 1. The van der Waals surface area contributed by atoms with Gasteiger partial charge in [0.15, 0.2) is 0 Å². The number of anilines is 1. The maximum absolute atomic E-state index is 13.0. The number of benzene rings is 1. The van der Waals surface area contributed by atoms with E-state index in [4.69, 9.17) is 0 Å². The SMILES string of the molecule is CCc1nnc(NC(=O)c2cccc(S(=O)(=O)N(C)C3CCCCC3)c2)s1. The van der Waals surface area contributed by atoms with Crippen molar-refractivity contribution in [3.63, 3.8) is 0 Å². The van der Waals surface area contributed by atoms with Crippen LogP contribution in [0.1, 0.15) is 54.4 Å². The van der Waals surface area contributed by atoms with Gasteiger partial charge in [0.25, 0.3) is 5.91 Å². The molecule has 27 heavy (non-hydrogen) atoms. The average molecular weight is 409 g/mol. The van der Waals surface area contributed by atoms with Crippen molar-refractivity contribution in [3.05, 3.63) is 34.8 Å². The second-order valence-electron chi connectivity index (χ2n) is 6.65. The van der Waals surface area contributed by atoms with E-state index in [9.17, 15) is 13.2 Å². The van der Waals surface area contributed by atoms with Gasteiger partial charge >= 0.3 is 0 Å². The molecule has 0 spiro atoms. The van der Waals surface area contributed by atoms with Gasteiger partial charge in [-0.1, -0.05) is 43.6 Å². The molecule has 3 rings (SSSR count). The molecule has 1 aliphatic rings. The maximum Gasteiger partial charge on any atom is 0.257 e. The number of nitrogens with one attached hydrogen (secondary N) is 1. The Kier molecular flexibility index (Phi) is 6.23. The third-order valence-electron chi connectivity index (χ3n) is 4.85. The third-order valence-corrected chi connectivity index (χ3v) is 7.74. The number of nitrogens with zero attached hydrogens (tertiary/aromatic N) is 3. The van der Waals surface area contributed by atoms with E-state index < -0.39 is 15.9 Å². The summed E-state index contributed by atoms with van der Waals surface area (Å²) in [5.74, 6) is -0.397. The number of carbonyl (C=O) groups excluding carboxylic acids is 1. The second kappa shape index (κ2) is 8.45. The van der Waals surface area contributed by atoms with Crippen molar-refractivity contribution in [2.75, 3.05) is 12.4 Å². The molecule has 1 heterocycles. The zero-order valence-corrected chi connectivity index (χ0v) is 17.1. The number of rotatable bonds is 6. The van der Waals surface area contributed by atoms with Crippen LogP contribution in [0.4, 0.5) is 5.13 Å². The fraction of sp³-hybridized carbons (Fsp3) is 0.500. The van der Waals surface area contributed by atoms with Gasteiger partial charge < -0.3 is 0 Å². The van der Waals surface area contributed by atoms with Gasteiger partial charge in [0.1, 0.15) is 5.01 Å². The lowest BCUT2D eigenvalue weighted by Crippen LogP contribution is -2.38. The number of hydrogen-bond donors (Lipinski definition) is 1. The number of aryl methyl sites for hydroxylation is 1. The van der Waals surface area contributed by atoms with Gasteiger partial charge in [0, 0.05) is 18.7 Å². The standard InChI is InChI=1S/C18H24N4O3S2/c1-3-16-20-21-18(26-16)19-17(23)13-8-7-11-15(12-13)27(24,25)22(2)14-9-5-4-6-10-14/h7-8,11-12,14H,3-6,9-10H2,1-2H3,(H,19,21,23). The summed E-state index contributed by atoms with van der Waals surface area (Å²) in [6, 6.07) is 6.16. The van der Waals surface area contributed by atoms with E-state index in [1.54, 1.807) is 19.2 Å². The first-order valence-corrected chi connectivity index (χ1v) is 11.4. The van der Waals surface area contributed by atoms with Crippen molar-refractivity contribution < 1.29 is 13.2 Å². The molecule has 0 atom stereocenters. The van der Waals surface area contributed by atoms with Gasteiger partial charge in [-0.3, -0.25) is 10.1 Å². The van der Waals surface area contributed by atoms with E-state index in [0.29, 0.717) is 5.13 Å². The summed E-state index contributed by atoms with van der Waals surface area (Å²) in [5.41, 5.74) is 0.279. The fourth-order valence-corrected chi connectivity index (χ4v) is 5.36. The summed E-state index contributed by atoms with van der Waals surface area (Å²) in [6.45, 7) is 1.96. The fourth-order valence-electron chi connectivity index (χ4n) is 3.22. The smallest absolute Gasteiger partial charge is 0.257 e. The van der Waals surface area contributed by atoms with Gasteiger partial charge in [-0.05, 0) is 37.5 Å². The van der Waals surface area contributed by atoms with Gasteiger partial charge in [-0.25, -0.2) is 8.42 Å². The molecule has 0 bridgehead atoms. The Hall–Kier alpha value is -1.84. The molecule has 0 saturated heterocycles. The summed E-state index contributed by atoms with van der Waals surface area (Å²) >= 11 is 1.31. The Morgan fingerprint density at radius 3 is 2.67 bits per heavy atom. The van der Waals surface area contributed by atoms with E-state index in [1.807, 2.05) is 6.92 Å². The first kappa shape index (κ1) is 19.9. The first-order valence-electron chi connectivity index (χ1n) is 9.13. The number of hydrogen-bond acceptors (Lipinski definition) is 6. The minimum atomic E-state index is -3.64. The minimum Gasteiger partial charge on any atom is -0.296 e. The van der Waals surface area contributed by atoms with Crippen LogP contribution in [0.3, 0.4) is 0 Å². The Morgan fingerprint density at radius 2 is 2.00 bits per heavy atom. The number of amides is 1. The summed E-state index contributed by atoms with van der Waals surface area (Å²) in [4.78, 5) is 12.6. The number of aromatic nitrogens is 2. The van der Waals surface area contributed by atoms with Crippen LogP contribution >= 0.6 is 11.3 Å². The van der Waals surface area contributed by atoms with Crippen LogP contribution in [-0.2, 0) is 16.4 Å². The molecule has 1 amide bonds. The molecular formula is C18H24N4O3S2. The normalized spacial score (nSPS) is 15.8. The van der Waals surface area contributed by atoms with Crippen molar-refractivity contribution in [2.24, 2.45) is 0 Å². The van der Waals surface area contributed by atoms with Crippen molar-refractivity contribution >= 4 is 32.4 Å². The van der Waals surface area contributed by atoms with Crippen LogP contribution in [0.5, 0.6) is 0 Å². The van der Waals surface area contributed by atoms with E-state index in [1.165, 1.54) is 27.8 Å². The monoisotopic (exact) mass is 408 g/mol. The molecule has 9 heteroatoms. The van der Waals surface area contributed by atoms with Crippen LogP contribution in [0, 0.1) is 0 Å². The van der Waals surface area contributed by atoms with Gasteiger partial charge in [-0.15, -0.1) is 10.2 Å². The largest absolute Gasteiger partial charge is 0.296 e. The highest BCUT2D eigenvalue weighted by Crippen LogP contribution is 2.27. The van der Waals surface area contributed by atoms with Crippen LogP contribution in [0.25, 0.3) is 0 Å². The Balaban J connectivity index is 1.78. The molecule has 7 nitrogen and oxygen atoms in total. The molecule has 1 saturated carbocycles. The van der Waals surface area contributed by atoms with Gasteiger partial charge in [0.2, 0.25) is 15.2 Å². The van der Waals surface area contributed by atoms with Crippen molar-refractivity contribution in [1.29, 1.82) is 0 Å². The predicted octanol–water partition coefficient (Wildman–Crippen LogP) is 3.31. The van der Waals surface area contributed by atoms with E-state index >= 15 is 0 Å². The zero-order valence-electron chi connectivity index (χ0n) is 15.5. The number of sulfonamides is 1. The molecular weight excluding hydrogens is 384 g/mol. The first-order chi connectivity index (χ1) is 12.9. The quantitative estimate of drug-likeness (QED) is 0.792. The molecule has 146 valence electrons. The Morgan fingerprint density at radius 1 is 1.26 bits per heavy atom. The Labute approximate surface area is 163 Å². The molecule has 0 radical (unpaired) electrons. The highest BCUT2D eigenvalue weighted by Gasteiger charge is 2.29. The van der Waals surface area contributed by atoms with Crippen molar-refractivity contribution in [2.45, 2.75) is 56.4 Å². The van der Waals surface area contributed by atoms with E-state index in [2.05, 4.69) is 15.5 Å². The molecule has 1 N–H and O–H groups in total. The average Bonchev–Trinajstić information content (AvgIpc) is 3.15. The van der Waals surface area contributed by atoms with Gasteiger partial charge in [0.05, 0.1) is 4.90 Å². The highest BCUT2D eigenvalue weighted by atomic mass is 32.2. The molecule has 1 aromatic carbocycles. The highest BCUT2D eigenvalue weighted by molar-refractivity contribution is 7.89. The van der Waals surface area contributed by atoms with Gasteiger partial charge in [-0.2, -0.15) is 4.31 Å². The lowest BCUT2D eigenvalue weighted by Gasteiger charge is -2.30. The van der Waals surface area contributed by atoms with Crippen LogP contribution in [0.2, 0.25) is 0 Å². The van der Waals surface area contributed by atoms with Crippen LogP contribution in [0.15, 0.2) is 29.2 Å². The minimum absolute atomic E-state index is 0.0232. The summed E-state index contributed by atoms with van der Waals surface area (Å²) in [5, 5.41) is 11.8. The topological polar surface area (TPSA) is 92.3 Å². The molecule has 1 fully saturated rings. The zero-order chi connectivity index (χ0) is 19.4. The van der Waals surface area contributed by atoms with Crippen LogP contribution in [-0.4, -0.2) is 41.9 Å². The molecule has 1 aromatic heterocycles. The lowest BCUT2D eigenvalue weighted by atomic mass is 9.96. The summed E-state index contributed by atoms with van der Waals surface area (Å²) in [7, 11) is -2.01. The third kappa shape index (κ3) is 4.53. The summed E-state index contributed by atoms with van der Waals surface area (Å²) < 4.78 is 27.4. The van der Waals surface area contributed by atoms with E-state index in [-0.39, 0.29) is 16.5 Å². The Bertz CT molecular complexity index is 905. The molecule has 0 unspecified atom stereocenters. The second-order valence-corrected chi connectivity index (χ2v) is 9.71. The lowest BCUT2D eigenvalue weighted by molar-refractivity contribution is 0.102. The van der Waals surface area contributed by atoms with Crippen LogP contribution < -0.4 is 5.32 Å². The molecule has 1 aliphatic carbocycles. The van der Waals surface area contributed by atoms with Crippen molar-refractivity contribution in [3.8, 4) is 0 Å². The molecule has 2 aromatic rings. The predicted molar refractivity (Wildman–Crippen MR) is 106 cm³/mol. The van der Waals surface area contributed by atoms with Crippen molar-refractivity contribution in [1.82, 2.24) is 14.5 Å².